The highest BCUT2D eigenvalue weighted by atomic mass is 16.5. The number of esters is 1. The van der Waals surface area contributed by atoms with E-state index in [1.165, 1.54) is 0 Å². The summed E-state index contributed by atoms with van der Waals surface area (Å²) in [6, 6.07) is 17.1. The Balaban J connectivity index is 1.78. The Morgan fingerprint density at radius 1 is 1.04 bits per heavy atom. The summed E-state index contributed by atoms with van der Waals surface area (Å²) in [6.07, 6.45) is 0.175. The van der Waals surface area contributed by atoms with Crippen molar-refractivity contribution >= 4 is 11.9 Å². The molecule has 0 aliphatic carbocycles. The number of hydrogen-bond donors (Lipinski definition) is 1. The zero-order valence-electron chi connectivity index (χ0n) is 13.4. The first-order valence-electron chi connectivity index (χ1n) is 7.60. The van der Waals surface area contributed by atoms with Crippen LogP contribution in [0.15, 0.2) is 54.6 Å². The number of nitrogens with one attached hydrogen (secondary N) is 1. The van der Waals surface area contributed by atoms with Gasteiger partial charge in [0.15, 0.2) is 6.61 Å². The molecule has 2 rings (SSSR count). The quantitative estimate of drug-likeness (QED) is 0.835. The predicted molar refractivity (Wildman–Crippen MR) is 88.8 cm³/mol. The molecule has 0 bridgehead atoms. The van der Waals surface area contributed by atoms with Crippen molar-refractivity contribution < 1.29 is 14.3 Å². The number of amides is 1. The molecule has 2 aromatic carbocycles. The zero-order valence-corrected chi connectivity index (χ0v) is 13.4. The van der Waals surface area contributed by atoms with Crippen LogP contribution in [0.2, 0.25) is 0 Å². The third-order valence-electron chi connectivity index (χ3n) is 3.64. The monoisotopic (exact) mass is 311 g/mol. The van der Waals surface area contributed by atoms with Crippen LogP contribution in [0.5, 0.6) is 0 Å². The van der Waals surface area contributed by atoms with Gasteiger partial charge in [-0.2, -0.15) is 0 Å². The molecule has 4 nitrogen and oxygen atoms in total. The molecule has 0 aromatic heterocycles. The Labute approximate surface area is 136 Å². The minimum absolute atomic E-state index is 0.126. The standard InChI is InChI=1S/C19H21NO3/c1-14-8-6-7-11-17(14)12-19(22)23-13-18(21)20-15(2)16-9-4-3-5-10-16/h3-11,15H,12-13H2,1-2H3,(H,20,21)/t15-/m0/s1. The van der Waals surface area contributed by atoms with E-state index in [4.69, 9.17) is 4.74 Å². The summed E-state index contributed by atoms with van der Waals surface area (Å²) in [7, 11) is 0. The van der Waals surface area contributed by atoms with E-state index in [9.17, 15) is 9.59 Å². The van der Waals surface area contributed by atoms with E-state index < -0.39 is 5.97 Å². The molecule has 0 saturated heterocycles. The second-order valence-electron chi connectivity index (χ2n) is 5.46. The van der Waals surface area contributed by atoms with Crippen LogP contribution in [0.4, 0.5) is 0 Å². The van der Waals surface area contributed by atoms with Gasteiger partial charge in [0.25, 0.3) is 5.91 Å². The van der Waals surface area contributed by atoms with Crippen molar-refractivity contribution in [2.75, 3.05) is 6.61 Å². The smallest absolute Gasteiger partial charge is 0.310 e. The Hall–Kier alpha value is -2.62. The lowest BCUT2D eigenvalue weighted by Gasteiger charge is -2.14. The molecule has 0 spiro atoms. The number of ether oxygens (including phenoxy) is 1. The van der Waals surface area contributed by atoms with Crippen LogP contribution in [0.3, 0.4) is 0 Å². The number of rotatable bonds is 6. The first kappa shape index (κ1) is 16.7. The summed E-state index contributed by atoms with van der Waals surface area (Å²) in [5.74, 6) is -0.707. The maximum Gasteiger partial charge on any atom is 0.310 e. The highest BCUT2D eigenvalue weighted by molar-refractivity contribution is 5.81. The minimum Gasteiger partial charge on any atom is -0.455 e. The second kappa shape index (κ2) is 8.13. The van der Waals surface area contributed by atoms with Gasteiger partial charge in [-0.3, -0.25) is 9.59 Å². The molecule has 4 heteroatoms. The van der Waals surface area contributed by atoms with Gasteiger partial charge in [0.05, 0.1) is 12.5 Å². The van der Waals surface area contributed by atoms with Crippen molar-refractivity contribution in [2.45, 2.75) is 26.3 Å². The number of hydrogen-bond acceptors (Lipinski definition) is 3. The fourth-order valence-corrected chi connectivity index (χ4v) is 2.27. The van der Waals surface area contributed by atoms with Crippen molar-refractivity contribution in [1.82, 2.24) is 5.32 Å². The van der Waals surface area contributed by atoms with E-state index in [2.05, 4.69) is 5.32 Å². The van der Waals surface area contributed by atoms with Gasteiger partial charge in [-0.1, -0.05) is 54.6 Å². The Bertz CT molecular complexity index is 667. The maximum absolute atomic E-state index is 11.9. The van der Waals surface area contributed by atoms with Crippen molar-refractivity contribution in [3.05, 3.63) is 71.3 Å². The molecule has 120 valence electrons. The summed E-state index contributed by atoms with van der Waals surface area (Å²) >= 11 is 0. The average molecular weight is 311 g/mol. The van der Waals surface area contributed by atoms with Gasteiger partial charge < -0.3 is 10.1 Å². The largest absolute Gasteiger partial charge is 0.455 e. The molecular formula is C19H21NO3. The fraction of sp³-hybridized carbons (Fsp3) is 0.263. The topological polar surface area (TPSA) is 55.4 Å². The lowest BCUT2D eigenvalue weighted by atomic mass is 10.1. The lowest BCUT2D eigenvalue weighted by molar-refractivity contribution is -0.148. The summed E-state index contributed by atoms with van der Waals surface area (Å²) in [5.41, 5.74) is 2.95. The van der Waals surface area contributed by atoms with Crippen LogP contribution in [0.1, 0.15) is 29.7 Å². The maximum atomic E-state index is 11.9. The van der Waals surface area contributed by atoms with Crippen molar-refractivity contribution in [3.8, 4) is 0 Å². The predicted octanol–water partition coefficient (Wildman–Crippen LogP) is 2.96. The van der Waals surface area contributed by atoms with Gasteiger partial charge in [0, 0.05) is 0 Å². The van der Waals surface area contributed by atoms with Crippen LogP contribution in [-0.2, 0) is 20.7 Å². The van der Waals surface area contributed by atoms with Gasteiger partial charge in [-0.25, -0.2) is 0 Å². The molecule has 1 N–H and O–H groups in total. The third kappa shape index (κ3) is 5.25. The molecule has 1 atom stereocenters. The lowest BCUT2D eigenvalue weighted by Crippen LogP contribution is -2.31. The molecular weight excluding hydrogens is 290 g/mol. The minimum atomic E-state index is -0.401. The first-order chi connectivity index (χ1) is 11.1. The average Bonchev–Trinajstić information content (AvgIpc) is 2.56. The number of carbonyl (C=O) groups is 2. The van der Waals surface area contributed by atoms with Crippen LogP contribution in [0, 0.1) is 6.92 Å². The third-order valence-corrected chi connectivity index (χ3v) is 3.64. The molecule has 1 amide bonds. The van der Waals surface area contributed by atoms with Gasteiger partial charge in [0.2, 0.25) is 0 Å². The second-order valence-corrected chi connectivity index (χ2v) is 5.46. The Kier molecular flexibility index (Phi) is 5.92. The highest BCUT2D eigenvalue weighted by Gasteiger charge is 2.12. The highest BCUT2D eigenvalue weighted by Crippen LogP contribution is 2.11. The van der Waals surface area contributed by atoms with Gasteiger partial charge >= 0.3 is 5.97 Å². The van der Waals surface area contributed by atoms with E-state index in [0.29, 0.717) is 0 Å². The first-order valence-corrected chi connectivity index (χ1v) is 7.60. The van der Waals surface area contributed by atoms with E-state index in [1.807, 2.05) is 68.4 Å². The number of benzene rings is 2. The van der Waals surface area contributed by atoms with E-state index in [0.717, 1.165) is 16.7 Å². The summed E-state index contributed by atoms with van der Waals surface area (Å²) in [6.45, 7) is 3.57. The van der Waals surface area contributed by atoms with Crippen molar-refractivity contribution in [1.29, 1.82) is 0 Å². The molecule has 0 radical (unpaired) electrons. The normalized spacial score (nSPS) is 11.6. The molecule has 0 heterocycles. The Morgan fingerprint density at radius 3 is 2.39 bits per heavy atom. The molecule has 0 unspecified atom stereocenters. The molecule has 0 saturated carbocycles. The van der Waals surface area contributed by atoms with Crippen LogP contribution in [0.25, 0.3) is 0 Å². The summed E-state index contributed by atoms with van der Waals surface area (Å²) in [5, 5.41) is 2.81. The number of aryl methyl sites for hydroxylation is 1. The van der Waals surface area contributed by atoms with E-state index in [-0.39, 0.29) is 25.0 Å². The van der Waals surface area contributed by atoms with Crippen molar-refractivity contribution in [3.63, 3.8) is 0 Å². The zero-order chi connectivity index (χ0) is 16.7. The molecule has 2 aromatic rings. The van der Waals surface area contributed by atoms with E-state index in [1.54, 1.807) is 0 Å². The number of carbonyl (C=O) groups excluding carboxylic acids is 2. The summed E-state index contributed by atoms with van der Waals surface area (Å²) < 4.78 is 5.05. The van der Waals surface area contributed by atoms with Crippen LogP contribution in [-0.4, -0.2) is 18.5 Å². The fourth-order valence-electron chi connectivity index (χ4n) is 2.27. The SMILES string of the molecule is Cc1ccccc1CC(=O)OCC(=O)N[C@@H](C)c1ccccc1. The van der Waals surface area contributed by atoms with Crippen LogP contribution < -0.4 is 5.32 Å². The van der Waals surface area contributed by atoms with Crippen LogP contribution >= 0.6 is 0 Å². The van der Waals surface area contributed by atoms with Gasteiger partial charge in [-0.05, 0) is 30.5 Å². The molecule has 0 fully saturated rings. The molecule has 23 heavy (non-hydrogen) atoms. The van der Waals surface area contributed by atoms with E-state index >= 15 is 0 Å². The Morgan fingerprint density at radius 2 is 1.70 bits per heavy atom. The van der Waals surface area contributed by atoms with Crippen molar-refractivity contribution in [2.24, 2.45) is 0 Å². The van der Waals surface area contributed by atoms with Gasteiger partial charge in [-0.15, -0.1) is 0 Å². The molecule has 0 aliphatic rings. The summed E-state index contributed by atoms with van der Waals surface area (Å²) in [4.78, 5) is 23.7. The molecule has 0 aliphatic heterocycles. The van der Waals surface area contributed by atoms with Gasteiger partial charge in [0.1, 0.15) is 0 Å².